The van der Waals surface area contributed by atoms with Crippen LogP contribution in [0.2, 0.25) is 0 Å². The van der Waals surface area contributed by atoms with E-state index in [2.05, 4.69) is 28.9 Å². The van der Waals surface area contributed by atoms with Gasteiger partial charge in [-0.3, -0.25) is 0 Å². The molecule has 0 saturated carbocycles. The first kappa shape index (κ1) is 13.8. The molecule has 1 unspecified atom stereocenters. The Kier molecular flexibility index (Phi) is 4.59. The predicted molar refractivity (Wildman–Crippen MR) is 78.2 cm³/mol. The molecule has 18 heavy (non-hydrogen) atoms. The van der Waals surface area contributed by atoms with Crippen molar-refractivity contribution in [3.8, 4) is 0 Å². The van der Waals surface area contributed by atoms with Crippen LogP contribution in [0.1, 0.15) is 30.7 Å². The van der Waals surface area contributed by atoms with Crippen LogP contribution in [-0.4, -0.2) is 43.6 Å². The van der Waals surface area contributed by atoms with Gasteiger partial charge in [-0.2, -0.15) is 0 Å². The van der Waals surface area contributed by atoms with E-state index in [0.29, 0.717) is 0 Å². The van der Waals surface area contributed by atoms with Crippen LogP contribution < -0.4 is 10.6 Å². The van der Waals surface area contributed by atoms with Crippen LogP contribution >= 0.6 is 11.3 Å². The maximum atomic E-state index is 5.88. The first-order valence-corrected chi connectivity index (χ1v) is 7.49. The first-order chi connectivity index (χ1) is 8.56. The van der Waals surface area contributed by atoms with Crippen molar-refractivity contribution in [3.05, 3.63) is 11.1 Å². The summed E-state index contributed by atoms with van der Waals surface area (Å²) in [6.07, 6.45) is 4.47. The highest BCUT2D eigenvalue weighted by Gasteiger charge is 2.21. The quantitative estimate of drug-likeness (QED) is 0.906. The lowest BCUT2D eigenvalue weighted by Gasteiger charge is -2.33. The second-order valence-corrected chi connectivity index (χ2v) is 6.57. The Morgan fingerprint density at radius 2 is 2.17 bits per heavy atom. The number of rotatable bonds is 4. The number of anilines is 1. The van der Waals surface area contributed by atoms with Gasteiger partial charge in [0.05, 0.1) is 0 Å². The highest BCUT2D eigenvalue weighted by molar-refractivity contribution is 7.15. The van der Waals surface area contributed by atoms with Crippen LogP contribution in [0.25, 0.3) is 0 Å². The molecule has 4 nitrogen and oxygen atoms in total. The summed E-state index contributed by atoms with van der Waals surface area (Å²) in [5, 5.41) is 1.14. The van der Waals surface area contributed by atoms with Gasteiger partial charge in [0.15, 0.2) is 5.13 Å². The molecule has 0 bridgehead atoms. The van der Waals surface area contributed by atoms with Crippen molar-refractivity contribution < 1.29 is 0 Å². The third-order valence-electron chi connectivity index (χ3n) is 3.47. The summed E-state index contributed by atoms with van der Waals surface area (Å²) in [6.45, 7) is 5.48. The number of nitrogens with zero attached hydrogens (tertiary/aromatic N) is 3. The van der Waals surface area contributed by atoms with Crippen molar-refractivity contribution in [1.82, 2.24) is 9.88 Å². The normalized spacial score (nSPS) is 19.5. The molecule has 1 aromatic heterocycles. The summed E-state index contributed by atoms with van der Waals surface area (Å²) in [5.41, 5.74) is 5.88. The zero-order valence-electron chi connectivity index (χ0n) is 11.6. The lowest BCUT2D eigenvalue weighted by molar-refractivity contribution is 0.285. The van der Waals surface area contributed by atoms with E-state index in [-0.39, 0.29) is 6.04 Å². The van der Waals surface area contributed by atoms with Crippen LogP contribution in [0.3, 0.4) is 0 Å². The third-order valence-corrected chi connectivity index (χ3v) is 4.73. The zero-order valence-corrected chi connectivity index (χ0v) is 12.4. The molecular formula is C13H24N4S. The molecule has 1 atom stereocenters. The van der Waals surface area contributed by atoms with E-state index < -0.39 is 0 Å². The van der Waals surface area contributed by atoms with Gasteiger partial charge in [-0.25, -0.2) is 4.98 Å². The molecule has 2 N–H and O–H groups in total. The smallest absolute Gasteiger partial charge is 0.185 e. The summed E-state index contributed by atoms with van der Waals surface area (Å²) in [5.74, 6) is 0.837. The summed E-state index contributed by atoms with van der Waals surface area (Å²) in [7, 11) is 4.31. The van der Waals surface area contributed by atoms with E-state index in [1.54, 1.807) is 11.3 Å². The molecule has 1 aliphatic heterocycles. The molecule has 0 aliphatic carbocycles. The number of hydrogen-bond acceptors (Lipinski definition) is 5. The zero-order chi connectivity index (χ0) is 13.1. The highest BCUT2D eigenvalue weighted by Crippen LogP contribution is 2.29. The van der Waals surface area contributed by atoms with Gasteiger partial charge in [0, 0.05) is 36.8 Å². The second-order valence-electron chi connectivity index (χ2n) is 5.53. The number of nitrogens with two attached hydrogens (primary N) is 1. The van der Waals surface area contributed by atoms with Gasteiger partial charge in [-0.1, -0.05) is 0 Å². The number of hydrogen-bond donors (Lipinski definition) is 1. The molecule has 5 heteroatoms. The predicted octanol–water partition coefficient (Wildman–Crippen LogP) is 1.94. The Labute approximate surface area is 114 Å². The number of piperidine rings is 1. The second kappa shape index (κ2) is 5.99. The summed E-state index contributed by atoms with van der Waals surface area (Å²) in [6, 6.07) is 0.0996. The average Bonchev–Trinajstić information content (AvgIpc) is 2.78. The topological polar surface area (TPSA) is 45.4 Å². The third kappa shape index (κ3) is 3.43. The molecule has 1 aromatic rings. The van der Waals surface area contributed by atoms with Crippen LogP contribution in [0.4, 0.5) is 5.13 Å². The fourth-order valence-electron chi connectivity index (χ4n) is 2.46. The van der Waals surface area contributed by atoms with Crippen molar-refractivity contribution in [2.24, 2.45) is 11.7 Å². The number of aromatic nitrogens is 1. The fraction of sp³-hybridized carbons (Fsp3) is 0.769. The molecule has 2 rings (SSSR count). The monoisotopic (exact) mass is 268 g/mol. The van der Waals surface area contributed by atoms with E-state index in [0.717, 1.165) is 24.1 Å². The minimum atomic E-state index is 0.0996. The van der Waals surface area contributed by atoms with Gasteiger partial charge in [-0.05, 0) is 39.8 Å². The van der Waals surface area contributed by atoms with Gasteiger partial charge in [-0.15, -0.1) is 11.3 Å². The lowest BCUT2D eigenvalue weighted by Crippen LogP contribution is -2.37. The molecule has 1 fully saturated rings. The Balaban J connectivity index is 1.88. The van der Waals surface area contributed by atoms with Crippen molar-refractivity contribution in [2.45, 2.75) is 25.8 Å². The highest BCUT2D eigenvalue weighted by atomic mass is 32.1. The average molecular weight is 268 g/mol. The van der Waals surface area contributed by atoms with Gasteiger partial charge >= 0.3 is 0 Å². The first-order valence-electron chi connectivity index (χ1n) is 6.67. The maximum Gasteiger partial charge on any atom is 0.185 e. The Morgan fingerprint density at radius 3 is 2.67 bits per heavy atom. The molecule has 1 aliphatic rings. The summed E-state index contributed by atoms with van der Waals surface area (Å²) in [4.78, 5) is 10.4. The Bertz CT molecular complexity index is 367. The SMILES string of the molecule is CC(N)c1cnc(N2CCC(CN(C)C)CC2)s1. The standard InChI is InChI=1S/C13H24N4S/c1-10(14)12-8-15-13(18-12)17-6-4-11(5-7-17)9-16(2)3/h8,10-11H,4-7,9,14H2,1-3H3. The molecule has 0 aromatic carbocycles. The van der Waals surface area contributed by atoms with Gasteiger partial charge < -0.3 is 15.5 Å². The van der Waals surface area contributed by atoms with Gasteiger partial charge in [0.25, 0.3) is 0 Å². The van der Waals surface area contributed by atoms with E-state index in [4.69, 9.17) is 5.73 Å². The Morgan fingerprint density at radius 1 is 1.50 bits per heavy atom. The van der Waals surface area contributed by atoms with Crippen molar-refractivity contribution >= 4 is 16.5 Å². The molecule has 2 heterocycles. The Hall–Kier alpha value is -0.650. The van der Waals surface area contributed by atoms with E-state index in [1.165, 1.54) is 24.3 Å². The van der Waals surface area contributed by atoms with Crippen LogP contribution in [0, 0.1) is 5.92 Å². The fourth-order valence-corrected chi connectivity index (χ4v) is 3.38. The molecule has 0 amide bonds. The molecule has 1 saturated heterocycles. The van der Waals surface area contributed by atoms with E-state index >= 15 is 0 Å². The summed E-state index contributed by atoms with van der Waals surface area (Å²) < 4.78 is 0. The molecular weight excluding hydrogens is 244 g/mol. The maximum absolute atomic E-state index is 5.88. The van der Waals surface area contributed by atoms with Gasteiger partial charge in [0.1, 0.15) is 0 Å². The minimum absolute atomic E-state index is 0.0996. The minimum Gasteiger partial charge on any atom is -0.348 e. The van der Waals surface area contributed by atoms with E-state index in [9.17, 15) is 0 Å². The van der Waals surface area contributed by atoms with E-state index in [1.807, 2.05) is 13.1 Å². The van der Waals surface area contributed by atoms with Crippen molar-refractivity contribution in [3.63, 3.8) is 0 Å². The van der Waals surface area contributed by atoms with Crippen molar-refractivity contribution in [2.75, 3.05) is 38.6 Å². The van der Waals surface area contributed by atoms with Crippen LogP contribution in [0.5, 0.6) is 0 Å². The van der Waals surface area contributed by atoms with Crippen molar-refractivity contribution in [1.29, 1.82) is 0 Å². The molecule has 0 spiro atoms. The largest absolute Gasteiger partial charge is 0.348 e. The molecule has 102 valence electrons. The molecule has 0 radical (unpaired) electrons. The van der Waals surface area contributed by atoms with Gasteiger partial charge in [0.2, 0.25) is 0 Å². The summed E-state index contributed by atoms with van der Waals surface area (Å²) >= 11 is 1.74. The van der Waals surface area contributed by atoms with Crippen LogP contribution in [-0.2, 0) is 0 Å². The number of thiazole rings is 1. The van der Waals surface area contributed by atoms with Crippen LogP contribution in [0.15, 0.2) is 6.20 Å². The lowest BCUT2D eigenvalue weighted by atomic mass is 9.97.